The molecule has 1 spiro atoms. The highest BCUT2D eigenvalue weighted by Crippen LogP contribution is 2.58. The van der Waals surface area contributed by atoms with Gasteiger partial charge in [0.05, 0.1) is 6.04 Å². The van der Waals surface area contributed by atoms with Crippen LogP contribution >= 0.6 is 35.6 Å². The molecule has 2 fully saturated rings. The molecule has 2 atom stereocenters. The Hall–Kier alpha value is -1.26. The Morgan fingerprint density at radius 3 is 2.41 bits per heavy atom. The van der Waals surface area contributed by atoms with Gasteiger partial charge in [-0.05, 0) is 67.1 Å². The van der Waals surface area contributed by atoms with Crippen LogP contribution in [-0.4, -0.2) is 19.0 Å². The van der Waals surface area contributed by atoms with Crippen molar-refractivity contribution in [3.8, 4) is 0 Å². The number of piperidine rings is 1. The lowest BCUT2D eigenvalue weighted by Crippen LogP contribution is -2.35. The van der Waals surface area contributed by atoms with Gasteiger partial charge in [-0.15, -0.1) is 12.4 Å². The van der Waals surface area contributed by atoms with E-state index in [1.54, 1.807) is 0 Å². The van der Waals surface area contributed by atoms with Crippen LogP contribution in [-0.2, 0) is 4.79 Å². The van der Waals surface area contributed by atoms with Crippen molar-refractivity contribution in [2.45, 2.75) is 25.3 Å². The summed E-state index contributed by atoms with van der Waals surface area (Å²) in [4.78, 5) is 13.0. The molecule has 144 valence electrons. The predicted octanol–water partition coefficient (Wildman–Crippen LogP) is 5.01. The van der Waals surface area contributed by atoms with Crippen molar-refractivity contribution < 1.29 is 4.79 Å². The standard InChI is InChI=1S/C21H22Cl2N2O.ClH/c22-15-7-5-14(6-8-15)19(16-3-1-2-4-18(16)23)25-20(26)17-13-21(17)9-11-24-12-10-21;/h1-8,17,19,24H,9-13H2,(H,25,26);1H. The fraction of sp³-hybridized carbons (Fsp3) is 0.381. The summed E-state index contributed by atoms with van der Waals surface area (Å²) in [7, 11) is 0. The van der Waals surface area contributed by atoms with Gasteiger partial charge in [-0.1, -0.05) is 53.5 Å². The van der Waals surface area contributed by atoms with Gasteiger partial charge in [-0.2, -0.15) is 0 Å². The topological polar surface area (TPSA) is 41.1 Å². The van der Waals surface area contributed by atoms with Crippen LogP contribution in [0.25, 0.3) is 0 Å². The van der Waals surface area contributed by atoms with Crippen LogP contribution in [0, 0.1) is 11.3 Å². The van der Waals surface area contributed by atoms with Crippen molar-refractivity contribution in [2.24, 2.45) is 11.3 Å². The lowest BCUT2D eigenvalue weighted by molar-refractivity contribution is -0.123. The number of nitrogens with one attached hydrogen (secondary N) is 2. The molecule has 4 rings (SSSR count). The molecule has 1 amide bonds. The minimum atomic E-state index is -0.271. The van der Waals surface area contributed by atoms with Gasteiger partial charge in [0, 0.05) is 16.0 Å². The highest BCUT2D eigenvalue weighted by atomic mass is 35.5. The summed E-state index contributed by atoms with van der Waals surface area (Å²) in [6.07, 6.45) is 3.17. The minimum Gasteiger partial charge on any atom is -0.345 e. The molecule has 1 aliphatic carbocycles. The summed E-state index contributed by atoms with van der Waals surface area (Å²) >= 11 is 12.5. The average molecular weight is 426 g/mol. The highest BCUT2D eigenvalue weighted by Gasteiger charge is 2.57. The lowest BCUT2D eigenvalue weighted by atomic mass is 9.91. The normalized spacial score (nSPS) is 21.2. The van der Waals surface area contributed by atoms with E-state index < -0.39 is 0 Å². The number of carbonyl (C=O) groups is 1. The number of halogens is 3. The monoisotopic (exact) mass is 424 g/mol. The summed E-state index contributed by atoms with van der Waals surface area (Å²) in [5, 5.41) is 7.97. The van der Waals surface area contributed by atoms with Crippen LogP contribution in [0.2, 0.25) is 10.0 Å². The molecule has 1 aliphatic heterocycles. The SMILES string of the molecule is Cl.O=C(NC(c1ccc(Cl)cc1)c1ccccc1Cl)C1CC12CCNCC2. The molecule has 2 N–H and O–H groups in total. The first-order valence-corrected chi connectivity index (χ1v) is 9.86. The number of benzene rings is 2. The first-order chi connectivity index (χ1) is 12.6. The summed E-state index contributed by atoms with van der Waals surface area (Å²) < 4.78 is 0. The van der Waals surface area contributed by atoms with Crippen LogP contribution in [0.15, 0.2) is 48.5 Å². The minimum absolute atomic E-state index is 0. The molecule has 1 saturated heterocycles. The van der Waals surface area contributed by atoms with Crippen LogP contribution in [0.5, 0.6) is 0 Å². The summed E-state index contributed by atoms with van der Waals surface area (Å²) in [5.41, 5.74) is 2.10. The molecule has 1 saturated carbocycles. The third-order valence-corrected chi connectivity index (χ3v) is 6.41. The Morgan fingerprint density at radius 1 is 1.07 bits per heavy atom. The van der Waals surface area contributed by atoms with Crippen LogP contribution in [0.1, 0.15) is 36.4 Å². The third-order valence-electron chi connectivity index (χ3n) is 5.81. The van der Waals surface area contributed by atoms with Crippen molar-refractivity contribution in [2.75, 3.05) is 13.1 Å². The Morgan fingerprint density at radius 2 is 1.74 bits per heavy atom. The van der Waals surface area contributed by atoms with Crippen molar-refractivity contribution in [3.05, 3.63) is 69.7 Å². The Balaban J connectivity index is 0.00000210. The van der Waals surface area contributed by atoms with E-state index in [4.69, 9.17) is 23.2 Å². The van der Waals surface area contributed by atoms with Crippen molar-refractivity contribution in [1.29, 1.82) is 0 Å². The Bertz CT molecular complexity index is 803. The molecule has 0 aromatic heterocycles. The second-order valence-corrected chi connectivity index (χ2v) is 8.23. The maximum Gasteiger partial charge on any atom is 0.224 e. The Kier molecular flexibility index (Phi) is 6.37. The molecular formula is C21H23Cl3N2O. The largest absolute Gasteiger partial charge is 0.345 e. The number of hydrogen-bond acceptors (Lipinski definition) is 2. The number of hydrogen-bond donors (Lipinski definition) is 2. The van der Waals surface area contributed by atoms with E-state index in [0.717, 1.165) is 43.5 Å². The molecule has 6 heteroatoms. The van der Waals surface area contributed by atoms with Crippen molar-refractivity contribution in [3.63, 3.8) is 0 Å². The van der Waals surface area contributed by atoms with Gasteiger partial charge >= 0.3 is 0 Å². The van der Waals surface area contributed by atoms with E-state index in [1.165, 1.54) is 0 Å². The van der Waals surface area contributed by atoms with Crippen molar-refractivity contribution >= 4 is 41.5 Å². The number of rotatable bonds is 4. The maximum atomic E-state index is 13.0. The van der Waals surface area contributed by atoms with E-state index in [9.17, 15) is 4.79 Å². The fourth-order valence-corrected chi connectivity index (χ4v) is 4.51. The van der Waals surface area contributed by atoms with Crippen LogP contribution < -0.4 is 10.6 Å². The predicted molar refractivity (Wildman–Crippen MR) is 113 cm³/mol. The van der Waals surface area contributed by atoms with E-state index >= 15 is 0 Å². The second kappa shape index (κ2) is 8.40. The first kappa shape index (κ1) is 20.5. The molecule has 2 aromatic carbocycles. The molecule has 3 nitrogen and oxygen atoms in total. The number of amides is 1. The first-order valence-electron chi connectivity index (χ1n) is 9.10. The molecule has 2 unspecified atom stereocenters. The summed E-state index contributed by atoms with van der Waals surface area (Å²) in [5.74, 6) is 0.244. The highest BCUT2D eigenvalue weighted by molar-refractivity contribution is 6.31. The van der Waals surface area contributed by atoms with E-state index in [0.29, 0.717) is 10.0 Å². The molecule has 0 bridgehead atoms. The fourth-order valence-electron chi connectivity index (χ4n) is 4.14. The van der Waals surface area contributed by atoms with E-state index in [-0.39, 0.29) is 35.7 Å². The molecule has 27 heavy (non-hydrogen) atoms. The van der Waals surface area contributed by atoms with E-state index in [1.807, 2.05) is 48.5 Å². The lowest BCUT2D eigenvalue weighted by Gasteiger charge is -2.25. The summed E-state index contributed by atoms with van der Waals surface area (Å²) in [6.45, 7) is 2.02. The molecular weight excluding hydrogens is 403 g/mol. The van der Waals surface area contributed by atoms with Crippen LogP contribution in [0.4, 0.5) is 0 Å². The Labute approximate surface area is 176 Å². The summed E-state index contributed by atoms with van der Waals surface area (Å²) in [6, 6.07) is 15.0. The third kappa shape index (κ3) is 4.27. The second-order valence-electron chi connectivity index (χ2n) is 7.38. The average Bonchev–Trinajstić information content (AvgIpc) is 3.35. The smallest absolute Gasteiger partial charge is 0.224 e. The zero-order chi connectivity index (χ0) is 18.1. The van der Waals surface area contributed by atoms with Gasteiger partial charge in [0.2, 0.25) is 5.91 Å². The van der Waals surface area contributed by atoms with Gasteiger partial charge in [0.15, 0.2) is 0 Å². The number of carbonyl (C=O) groups excluding carboxylic acids is 1. The quantitative estimate of drug-likeness (QED) is 0.723. The molecule has 0 radical (unpaired) electrons. The van der Waals surface area contributed by atoms with Crippen LogP contribution in [0.3, 0.4) is 0 Å². The van der Waals surface area contributed by atoms with E-state index in [2.05, 4.69) is 10.6 Å². The zero-order valence-corrected chi connectivity index (χ0v) is 17.2. The van der Waals surface area contributed by atoms with Gasteiger partial charge in [0.25, 0.3) is 0 Å². The van der Waals surface area contributed by atoms with Gasteiger partial charge in [0.1, 0.15) is 0 Å². The molecule has 2 aliphatic rings. The maximum absolute atomic E-state index is 13.0. The molecule has 1 heterocycles. The molecule has 2 aromatic rings. The zero-order valence-electron chi connectivity index (χ0n) is 14.9. The van der Waals surface area contributed by atoms with Gasteiger partial charge in [-0.3, -0.25) is 4.79 Å². The van der Waals surface area contributed by atoms with Gasteiger partial charge in [-0.25, -0.2) is 0 Å². The van der Waals surface area contributed by atoms with Crippen molar-refractivity contribution in [1.82, 2.24) is 10.6 Å². The van der Waals surface area contributed by atoms with Gasteiger partial charge < -0.3 is 10.6 Å².